The van der Waals surface area contributed by atoms with Crippen LogP contribution in [0, 0.1) is 0 Å². The summed E-state index contributed by atoms with van der Waals surface area (Å²) < 4.78 is 5.76. The highest BCUT2D eigenvalue weighted by atomic mass is 16.5. The highest BCUT2D eigenvalue weighted by molar-refractivity contribution is 5.88. The summed E-state index contributed by atoms with van der Waals surface area (Å²) in [6.07, 6.45) is -0.641. The molecule has 2 aromatic rings. The average molecular weight is 341 g/mol. The number of carbonyl (C=O) groups is 1. The van der Waals surface area contributed by atoms with E-state index in [0.717, 1.165) is 16.9 Å². The number of rotatable bonds is 5. The van der Waals surface area contributed by atoms with Crippen LogP contribution in [0.3, 0.4) is 0 Å². The van der Waals surface area contributed by atoms with Gasteiger partial charge in [-0.25, -0.2) is 0 Å². The van der Waals surface area contributed by atoms with Crippen molar-refractivity contribution < 1.29 is 19.7 Å². The molecule has 1 heterocycles. The first-order valence-corrected chi connectivity index (χ1v) is 8.33. The normalized spacial score (nSPS) is 26.1. The molecule has 0 unspecified atom stereocenters. The molecule has 132 valence electrons. The van der Waals surface area contributed by atoms with E-state index in [-0.39, 0.29) is 0 Å². The molecule has 5 heteroatoms. The minimum Gasteiger partial charge on any atom is -0.489 e. The van der Waals surface area contributed by atoms with Crippen LogP contribution in [0.25, 0.3) is 0 Å². The number of hydrogen-bond acceptors (Lipinski definition) is 4. The van der Waals surface area contributed by atoms with E-state index in [1.807, 2.05) is 54.6 Å². The van der Waals surface area contributed by atoms with Crippen LogP contribution in [-0.2, 0) is 17.8 Å². The molecule has 1 aliphatic rings. The van der Waals surface area contributed by atoms with Crippen molar-refractivity contribution in [3.05, 3.63) is 65.7 Å². The number of hydrogen-bond donors (Lipinski definition) is 2. The van der Waals surface area contributed by atoms with E-state index in [4.69, 9.17) is 4.74 Å². The molecule has 1 amide bonds. The van der Waals surface area contributed by atoms with Crippen molar-refractivity contribution in [1.29, 1.82) is 0 Å². The SMILES string of the molecule is CN1C(=O)[C@](C)(O)[C@@H](O)[C@H]1Cc1ccc(OCc2ccccc2)cc1. The van der Waals surface area contributed by atoms with Crippen LogP contribution in [0.1, 0.15) is 18.1 Å². The molecule has 0 radical (unpaired) electrons. The maximum absolute atomic E-state index is 12.0. The molecule has 5 nitrogen and oxygen atoms in total. The number of nitrogens with zero attached hydrogens (tertiary/aromatic N) is 1. The lowest BCUT2D eigenvalue weighted by Crippen LogP contribution is -2.43. The van der Waals surface area contributed by atoms with E-state index in [2.05, 4.69) is 0 Å². The average Bonchev–Trinajstić information content (AvgIpc) is 2.77. The molecule has 2 N–H and O–H groups in total. The minimum atomic E-state index is -1.72. The first-order valence-electron chi connectivity index (χ1n) is 8.33. The Hall–Kier alpha value is -2.37. The quantitative estimate of drug-likeness (QED) is 0.869. The Labute approximate surface area is 147 Å². The Morgan fingerprint density at radius 1 is 1.08 bits per heavy atom. The Morgan fingerprint density at radius 3 is 2.28 bits per heavy atom. The maximum Gasteiger partial charge on any atom is 0.257 e. The van der Waals surface area contributed by atoms with E-state index in [1.54, 1.807) is 7.05 Å². The van der Waals surface area contributed by atoms with Crippen LogP contribution < -0.4 is 4.74 Å². The van der Waals surface area contributed by atoms with Crippen molar-refractivity contribution >= 4 is 5.91 Å². The van der Waals surface area contributed by atoms with Gasteiger partial charge in [0.1, 0.15) is 18.5 Å². The standard InChI is InChI=1S/C20H23NO4/c1-20(24)18(22)17(21(2)19(20)23)12-14-8-10-16(11-9-14)25-13-15-6-4-3-5-7-15/h3-11,17-18,22,24H,12-13H2,1-2H3/t17-,18+,20-/m1/s1. The summed E-state index contributed by atoms with van der Waals surface area (Å²) >= 11 is 0. The van der Waals surface area contributed by atoms with Gasteiger partial charge in [0.05, 0.1) is 6.04 Å². The second-order valence-electron chi connectivity index (χ2n) is 6.70. The van der Waals surface area contributed by atoms with Crippen molar-refractivity contribution in [2.75, 3.05) is 7.05 Å². The van der Waals surface area contributed by atoms with Crippen LogP contribution in [0.15, 0.2) is 54.6 Å². The van der Waals surface area contributed by atoms with E-state index in [1.165, 1.54) is 11.8 Å². The number of likely N-dealkylation sites (N-methyl/N-ethyl adjacent to an activating group) is 1. The molecule has 1 saturated heterocycles. The van der Waals surface area contributed by atoms with E-state index in [0.29, 0.717) is 13.0 Å². The van der Waals surface area contributed by atoms with Gasteiger partial charge in [0.25, 0.3) is 5.91 Å². The fraction of sp³-hybridized carbons (Fsp3) is 0.350. The third kappa shape index (κ3) is 3.52. The van der Waals surface area contributed by atoms with Crippen LogP contribution in [-0.4, -0.2) is 45.8 Å². The first kappa shape index (κ1) is 17.5. The molecule has 0 bridgehead atoms. The van der Waals surface area contributed by atoms with Crippen molar-refractivity contribution in [2.24, 2.45) is 0 Å². The molecule has 1 aliphatic heterocycles. The minimum absolute atomic E-state index is 0.446. The van der Waals surface area contributed by atoms with Crippen molar-refractivity contribution in [3.8, 4) is 5.75 Å². The van der Waals surface area contributed by atoms with Gasteiger partial charge in [-0.1, -0.05) is 42.5 Å². The molecule has 3 atom stereocenters. The fourth-order valence-electron chi connectivity index (χ4n) is 3.17. The molecule has 1 fully saturated rings. The van der Waals surface area contributed by atoms with Gasteiger partial charge >= 0.3 is 0 Å². The second-order valence-corrected chi connectivity index (χ2v) is 6.70. The zero-order valence-corrected chi connectivity index (χ0v) is 14.4. The van der Waals surface area contributed by atoms with Crippen molar-refractivity contribution in [1.82, 2.24) is 4.90 Å². The number of likely N-dealkylation sites (tertiary alicyclic amines) is 1. The molecular formula is C20H23NO4. The number of amides is 1. The predicted octanol–water partition coefficient (Wildman–Crippen LogP) is 1.76. The highest BCUT2D eigenvalue weighted by Crippen LogP contribution is 2.30. The first-order chi connectivity index (χ1) is 11.9. The Balaban J connectivity index is 1.62. The Kier molecular flexibility index (Phi) is 4.79. The summed E-state index contributed by atoms with van der Waals surface area (Å²) in [5.74, 6) is 0.309. The van der Waals surface area contributed by atoms with E-state index >= 15 is 0 Å². The highest BCUT2D eigenvalue weighted by Gasteiger charge is 2.53. The number of aliphatic hydroxyl groups excluding tert-OH is 1. The van der Waals surface area contributed by atoms with E-state index < -0.39 is 23.7 Å². The molecule has 0 spiro atoms. The van der Waals surface area contributed by atoms with Gasteiger partial charge in [0.15, 0.2) is 5.60 Å². The lowest BCUT2D eigenvalue weighted by atomic mass is 9.94. The number of benzene rings is 2. The predicted molar refractivity (Wildman–Crippen MR) is 94.1 cm³/mol. The topological polar surface area (TPSA) is 70.0 Å². The molecule has 0 aliphatic carbocycles. The molecule has 25 heavy (non-hydrogen) atoms. The Morgan fingerprint density at radius 2 is 1.72 bits per heavy atom. The lowest BCUT2D eigenvalue weighted by molar-refractivity contribution is -0.144. The van der Waals surface area contributed by atoms with Gasteiger partial charge in [-0.05, 0) is 36.6 Å². The van der Waals surface area contributed by atoms with Crippen molar-refractivity contribution in [2.45, 2.75) is 37.7 Å². The number of carbonyl (C=O) groups excluding carboxylic acids is 1. The molecule has 2 aromatic carbocycles. The lowest BCUT2D eigenvalue weighted by Gasteiger charge is -2.23. The van der Waals surface area contributed by atoms with Crippen LogP contribution in [0.2, 0.25) is 0 Å². The van der Waals surface area contributed by atoms with Crippen LogP contribution >= 0.6 is 0 Å². The monoisotopic (exact) mass is 341 g/mol. The number of aliphatic hydroxyl groups is 2. The van der Waals surface area contributed by atoms with E-state index in [9.17, 15) is 15.0 Å². The van der Waals surface area contributed by atoms with Gasteiger partial charge < -0.3 is 19.8 Å². The van der Waals surface area contributed by atoms with Gasteiger partial charge in [-0.3, -0.25) is 4.79 Å². The summed E-state index contributed by atoms with van der Waals surface area (Å²) in [7, 11) is 1.61. The van der Waals surface area contributed by atoms with Crippen molar-refractivity contribution in [3.63, 3.8) is 0 Å². The summed E-state index contributed by atoms with van der Waals surface area (Å²) in [5, 5.41) is 20.4. The smallest absolute Gasteiger partial charge is 0.257 e. The summed E-state index contributed by atoms with van der Waals surface area (Å²) in [6.45, 7) is 1.86. The molecule has 3 rings (SSSR count). The molecular weight excluding hydrogens is 318 g/mol. The largest absolute Gasteiger partial charge is 0.489 e. The fourth-order valence-corrected chi connectivity index (χ4v) is 3.17. The third-order valence-corrected chi connectivity index (χ3v) is 4.81. The van der Waals surface area contributed by atoms with Gasteiger partial charge in [-0.15, -0.1) is 0 Å². The van der Waals surface area contributed by atoms with Gasteiger partial charge in [0.2, 0.25) is 0 Å². The zero-order valence-electron chi connectivity index (χ0n) is 14.4. The second kappa shape index (κ2) is 6.86. The summed E-state index contributed by atoms with van der Waals surface area (Å²) in [5.41, 5.74) is 0.342. The maximum atomic E-state index is 12.0. The number of ether oxygens (including phenoxy) is 1. The summed E-state index contributed by atoms with van der Waals surface area (Å²) in [4.78, 5) is 13.4. The summed E-state index contributed by atoms with van der Waals surface area (Å²) in [6, 6.07) is 17.1. The van der Waals surface area contributed by atoms with Gasteiger partial charge in [-0.2, -0.15) is 0 Å². The zero-order chi connectivity index (χ0) is 18.0. The molecule has 0 aromatic heterocycles. The third-order valence-electron chi connectivity index (χ3n) is 4.81. The van der Waals surface area contributed by atoms with Crippen LogP contribution in [0.4, 0.5) is 0 Å². The molecule has 0 saturated carbocycles. The van der Waals surface area contributed by atoms with Crippen LogP contribution in [0.5, 0.6) is 5.75 Å². The van der Waals surface area contributed by atoms with Gasteiger partial charge in [0, 0.05) is 7.05 Å². The Bertz CT molecular complexity index is 727.